The van der Waals surface area contributed by atoms with Crippen LogP contribution in [0.5, 0.6) is 0 Å². The molecule has 0 unspecified atom stereocenters. The molecule has 0 bridgehead atoms. The molecule has 2 aromatic rings. The maximum atomic E-state index is 9.17. The molecule has 1 N–H and O–H groups in total. The van der Waals surface area contributed by atoms with E-state index in [4.69, 9.17) is 16.7 Å². The topological polar surface area (TPSA) is 20.2 Å². The fraction of sp³-hybridized carbons (Fsp3) is 0.200. The lowest BCUT2D eigenvalue weighted by atomic mass is 10.1. The average molecular weight is 292 g/mol. The second-order valence-electron chi connectivity index (χ2n) is 2.96. The molecule has 1 aromatic carbocycles. The molecule has 1 aromatic heterocycles. The molecule has 1 nitrogen and oxygen atoms in total. The minimum atomic E-state index is 0.0737. The van der Waals surface area contributed by atoms with Gasteiger partial charge in [-0.25, -0.2) is 0 Å². The number of fused-ring (bicyclic) bond motifs is 1. The van der Waals surface area contributed by atoms with E-state index >= 15 is 0 Å². The number of alkyl halides is 1. The van der Waals surface area contributed by atoms with E-state index in [0.717, 1.165) is 21.0 Å². The van der Waals surface area contributed by atoms with Crippen LogP contribution >= 0.6 is 38.9 Å². The molecule has 0 aliphatic heterocycles. The van der Waals surface area contributed by atoms with Gasteiger partial charge in [0.25, 0.3) is 0 Å². The Kier molecular flexibility index (Phi) is 3.12. The quantitative estimate of drug-likeness (QED) is 0.832. The molecule has 0 saturated carbocycles. The first kappa shape index (κ1) is 10.4. The molecule has 0 aliphatic carbocycles. The van der Waals surface area contributed by atoms with Gasteiger partial charge < -0.3 is 5.11 Å². The van der Waals surface area contributed by atoms with Crippen molar-refractivity contribution in [1.29, 1.82) is 0 Å². The van der Waals surface area contributed by atoms with Crippen molar-refractivity contribution in [2.45, 2.75) is 12.5 Å². The summed E-state index contributed by atoms with van der Waals surface area (Å²) in [7, 11) is 0. The fourth-order valence-electron chi connectivity index (χ4n) is 1.45. The van der Waals surface area contributed by atoms with Gasteiger partial charge >= 0.3 is 0 Å². The molecule has 14 heavy (non-hydrogen) atoms. The summed E-state index contributed by atoms with van der Waals surface area (Å²) in [6, 6.07) is 3.99. The Morgan fingerprint density at radius 3 is 2.79 bits per heavy atom. The highest BCUT2D eigenvalue weighted by Gasteiger charge is 2.09. The zero-order valence-corrected chi connectivity index (χ0v) is 10.4. The molecular weight excluding hydrogens is 284 g/mol. The molecule has 4 heteroatoms. The standard InChI is InChI=1S/C10H8BrClOS/c11-8-2-1-6(3-12)10-9(8)7(4-13)5-14-10/h1-2,5,13H,3-4H2. The van der Waals surface area contributed by atoms with Gasteiger partial charge in [0.15, 0.2) is 0 Å². The lowest BCUT2D eigenvalue weighted by molar-refractivity contribution is 0.284. The van der Waals surface area contributed by atoms with Crippen molar-refractivity contribution in [2.24, 2.45) is 0 Å². The molecule has 1 heterocycles. The number of halogens is 2. The van der Waals surface area contributed by atoms with Crippen molar-refractivity contribution >= 4 is 49.0 Å². The summed E-state index contributed by atoms with van der Waals surface area (Å²) in [5, 5.41) is 12.2. The zero-order valence-electron chi connectivity index (χ0n) is 7.26. The number of hydrogen-bond acceptors (Lipinski definition) is 2. The Morgan fingerprint density at radius 2 is 2.14 bits per heavy atom. The molecule has 0 saturated heterocycles. The molecule has 0 spiro atoms. The number of hydrogen-bond donors (Lipinski definition) is 1. The van der Waals surface area contributed by atoms with Crippen LogP contribution in [0.15, 0.2) is 22.0 Å². The van der Waals surface area contributed by atoms with E-state index in [1.165, 1.54) is 4.70 Å². The molecule has 2 rings (SSSR count). The number of rotatable bonds is 2. The highest BCUT2D eigenvalue weighted by atomic mass is 79.9. The van der Waals surface area contributed by atoms with E-state index < -0.39 is 0 Å². The molecule has 0 fully saturated rings. The van der Waals surface area contributed by atoms with Crippen LogP contribution in [0.3, 0.4) is 0 Å². The Hall–Kier alpha value is -0.0900. The van der Waals surface area contributed by atoms with Crippen LogP contribution < -0.4 is 0 Å². The highest BCUT2D eigenvalue weighted by molar-refractivity contribution is 9.10. The number of thiophene rings is 1. The highest BCUT2D eigenvalue weighted by Crippen LogP contribution is 2.35. The van der Waals surface area contributed by atoms with Crippen molar-refractivity contribution in [3.63, 3.8) is 0 Å². The summed E-state index contributed by atoms with van der Waals surface area (Å²) in [4.78, 5) is 0. The van der Waals surface area contributed by atoms with Gasteiger partial charge in [-0.3, -0.25) is 0 Å². The first-order valence-corrected chi connectivity index (χ1v) is 6.33. The first-order valence-electron chi connectivity index (χ1n) is 4.12. The summed E-state index contributed by atoms with van der Waals surface area (Å²) in [5.74, 6) is 0.509. The van der Waals surface area contributed by atoms with E-state index in [-0.39, 0.29) is 6.61 Å². The van der Waals surface area contributed by atoms with Gasteiger partial charge in [0, 0.05) is 20.4 Å². The van der Waals surface area contributed by atoms with Crippen molar-refractivity contribution in [1.82, 2.24) is 0 Å². The second-order valence-corrected chi connectivity index (χ2v) is 4.96. The van der Waals surface area contributed by atoms with Crippen LogP contribution in [0.25, 0.3) is 10.1 Å². The third kappa shape index (κ3) is 1.58. The summed E-state index contributed by atoms with van der Waals surface area (Å²) in [6.45, 7) is 0.0737. The van der Waals surface area contributed by atoms with Crippen LogP contribution in [-0.4, -0.2) is 5.11 Å². The minimum absolute atomic E-state index is 0.0737. The minimum Gasteiger partial charge on any atom is -0.392 e. The molecular formula is C10H8BrClOS. The summed E-state index contributed by atoms with van der Waals surface area (Å²) in [6.07, 6.45) is 0. The van der Waals surface area contributed by atoms with Gasteiger partial charge in [0.05, 0.1) is 6.61 Å². The Bertz CT molecular complexity index is 466. The van der Waals surface area contributed by atoms with Crippen molar-refractivity contribution in [2.75, 3.05) is 0 Å². The van der Waals surface area contributed by atoms with Crippen molar-refractivity contribution < 1.29 is 5.11 Å². The summed E-state index contributed by atoms with van der Waals surface area (Å²) in [5.41, 5.74) is 2.08. The summed E-state index contributed by atoms with van der Waals surface area (Å²) >= 11 is 11.0. The maximum Gasteiger partial charge on any atom is 0.0696 e. The van der Waals surface area contributed by atoms with Gasteiger partial charge in [-0.05, 0) is 22.6 Å². The number of aliphatic hydroxyl groups excluding tert-OH is 1. The zero-order chi connectivity index (χ0) is 10.1. The van der Waals surface area contributed by atoms with Gasteiger partial charge in [0.2, 0.25) is 0 Å². The van der Waals surface area contributed by atoms with Crippen LogP contribution in [0.1, 0.15) is 11.1 Å². The van der Waals surface area contributed by atoms with Gasteiger partial charge in [-0.1, -0.05) is 22.0 Å². The van der Waals surface area contributed by atoms with E-state index in [0.29, 0.717) is 5.88 Å². The predicted octanol–water partition coefficient (Wildman–Crippen LogP) is 3.89. The van der Waals surface area contributed by atoms with E-state index in [9.17, 15) is 0 Å². The molecule has 0 radical (unpaired) electrons. The largest absolute Gasteiger partial charge is 0.392 e. The third-order valence-electron chi connectivity index (χ3n) is 2.14. The fourth-order valence-corrected chi connectivity index (χ4v) is 3.57. The Morgan fingerprint density at radius 1 is 1.36 bits per heavy atom. The number of benzene rings is 1. The average Bonchev–Trinajstić information content (AvgIpc) is 2.63. The summed E-state index contributed by atoms with van der Waals surface area (Å²) < 4.78 is 2.19. The van der Waals surface area contributed by atoms with Crippen LogP contribution in [0.4, 0.5) is 0 Å². The van der Waals surface area contributed by atoms with Gasteiger partial charge in [-0.2, -0.15) is 0 Å². The van der Waals surface area contributed by atoms with Crippen LogP contribution in [0, 0.1) is 0 Å². The SMILES string of the molecule is OCc1csc2c(CCl)ccc(Br)c12. The maximum absolute atomic E-state index is 9.17. The molecule has 0 amide bonds. The monoisotopic (exact) mass is 290 g/mol. The Balaban J connectivity index is 2.80. The van der Waals surface area contributed by atoms with E-state index in [1.54, 1.807) is 11.3 Å². The van der Waals surface area contributed by atoms with Crippen molar-refractivity contribution in [3.8, 4) is 0 Å². The first-order chi connectivity index (χ1) is 6.77. The normalized spacial score (nSPS) is 11.1. The smallest absolute Gasteiger partial charge is 0.0696 e. The molecule has 0 atom stereocenters. The molecule has 74 valence electrons. The lowest BCUT2D eigenvalue weighted by Crippen LogP contribution is -1.83. The van der Waals surface area contributed by atoms with E-state index in [2.05, 4.69) is 15.9 Å². The molecule has 0 aliphatic rings. The Labute approximate surface area is 99.4 Å². The van der Waals surface area contributed by atoms with Crippen molar-refractivity contribution in [3.05, 3.63) is 33.1 Å². The van der Waals surface area contributed by atoms with Gasteiger partial charge in [-0.15, -0.1) is 22.9 Å². The van der Waals surface area contributed by atoms with E-state index in [1.807, 2.05) is 17.5 Å². The van der Waals surface area contributed by atoms with Crippen LogP contribution in [-0.2, 0) is 12.5 Å². The lowest BCUT2D eigenvalue weighted by Gasteiger charge is -2.01. The predicted molar refractivity (Wildman–Crippen MR) is 65.0 cm³/mol. The number of aliphatic hydroxyl groups is 1. The second kappa shape index (κ2) is 4.19. The van der Waals surface area contributed by atoms with Gasteiger partial charge in [0.1, 0.15) is 0 Å². The third-order valence-corrected chi connectivity index (χ3v) is 4.20. The van der Waals surface area contributed by atoms with Crippen LogP contribution in [0.2, 0.25) is 0 Å².